The van der Waals surface area contributed by atoms with Gasteiger partial charge in [-0.2, -0.15) is 0 Å². The molecule has 1 aliphatic heterocycles. The molecule has 22 heavy (non-hydrogen) atoms. The van der Waals surface area contributed by atoms with Gasteiger partial charge in [-0.05, 0) is 31.3 Å². The number of nitrogens with one attached hydrogen (secondary N) is 1. The molecule has 0 aromatic heterocycles. The maximum absolute atomic E-state index is 12.6. The number of likely N-dealkylation sites (N-methyl/N-ethyl adjacent to an activating group) is 1. The second-order valence-electron chi connectivity index (χ2n) is 5.03. The molecule has 0 unspecified atom stereocenters. The van der Waals surface area contributed by atoms with E-state index in [0.717, 1.165) is 0 Å². The van der Waals surface area contributed by atoms with Crippen LogP contribution in [0.2, 0.25) is 0 Å². The van der Waals surface area contributed by atoms with Gasteiger partial charge in [0.05, 0.1) is 9.79 Å². The Hall–Kier alpha value is -2.05. The summed E-state index contributed by atoms with van der Waals surface area (Å²) >= 11 is 0. The van der Waals surface area contributed by atoms with Crippen LogP contribution in [-0.4, -0.2) is 34.7 Å². The van der Waals surface area contributed by atoms with Crippen LogP contribution < -0.4 is 14.8 Å². The molecule has 6 heteroatoms. The normalized spacial score (nSPS) is 17.2. The highest BCUT2D eigenvalue weighted by molar-refractivity contribution is 7.91. The van der Waals surface area contributed by atoms with E-state index in [0.29, 0.717) is 24.7 Å². The SMILES string of the molecule is CNC[C@H]1COc2cc(S(=O)(=O)c3ccccc3)ccc2O1. The molecule has 5 nitrogen and oxygen atoms in total. The molecule has 2 aromatic rings. The van der Waals surface area contributed by atoms with E-state index in [1.165, 1.54) is 6.07 Å². The monoisotopic (exact) mass is 319 g/mol. The molecule has 0 radical (unpaired) electrons. The summed E-state index contributed by atoms with van der Waals surface area (Å²) in [6.07, 6.45) is -0.0749. The molecule has 3 rings (SSSR count). The minimum Gasteiger partial charge on any atom is -0.486 e. The number of hydrogen-bond acceptors (Lipinski definition) is 5. The number of rotatable bonds is 4. The molecule has 0 saturated heterocycles. The number of fused-ring (bicyclic) bond motifs is 1. The second kappa shape index (κ2) is 5.98. The Balaban J connectivity index is 1.92. The average molecular weight is 319 g/mol. The number of sulfone groups is 1. The van der Waals surface area contributed by atoms with Gasteiger partial charge in [-0.25, -0.2) is 8.42 Å². The zero-order valence-corrected chi connectivity index (χ0v) is 13.0. The fourth-order valence-electron chi connectivity index (χ4n) is 2.33. The van der Waals surface area contributed by atoms with E-state index in [-0.39, 0.29) is 15.9 Å². The third-order valence-electron chi connectivity index (χ3n) is 3.43. The molecule has 0 fully saturated rings. The maximum atomic E-state index is 12.6. The fourth-order valence-corrected chi connectivity index (χ4v) is 3.62. The summed E-state index contributed by atoms with van der Waals surface area (Å²) in [5, 5.41) is 3.02. The number of benzene rings is 2. The molecular formula is C16H17NO4S. The summed E-state index contributed by atoms with van der Waals surface area (Å²) in [7, 11) is -1.70. The predicted molar refractivity (Wildman–Crippen MR) is 82.2 cm³/mol. The van der Waals surface area contributed by atoms with Gasteiger partial charge in [0.1, 0.15) is 12.7 Å². The first-order valence-corrected chi connectivity index (χ1v) is 8.48. The van der Waals surface area contributed by atoms with Crippen molar-refractivity contribution < 1.29 is 17.9 Å². The van der Waals surface area contributed by atoms with Crippen molar-refractivity contribution in [2.45, 2.75) is 15.9 Å². The lowest BCUT2D eigenvalue weighted by Gasteiger charge is -2.26. The first-order chi connectivity index (χ1) is 10.6. The van der Waals surface area contributed by atoms with Gasteiger partial charge in [0, 0.05) is 12.6 Å². The topological polar surface area (TPSA) is 64.6 Å². The van der Waals surface area contributed by atoms with Crippen molar-refractivity contribution in [3.05, 3.63) is 48.5 Å². The Kier molecular flexibility index (Phi) is 4.04. The van der Waals surface area contributed by atoms with Gasteiger partial charge in [-0.15, -0.1) is 0 Å². The molecule has 0 bridgehead atoms. The van der Waals surface area contributed by atoms with Gasteiger partial charge >= 0.3 is 0 Å². The van der Waals surface area contributed by atoms with Crippen LogP contribution in [0.15, 0.2) is 58.3 Å². The van der Waals surface area contributed by atoms with Crippen LogP contribution in [0.3, 0.4) is 0 Å². The van der Waals surface area contributed by atoms with Crippen LogP contribution >= 0.6 is 0 Å². The Morgan fingerprint density at radius 1 is 1.09 bits per heavy atom. The van der Waals surface area contributed by atoms with Crippen LogP contribution in [0.4, 0.5) is 0 Å². The van der Waals surface area contributed by atoms with E-state index in [1.54, 1.807) is 42.5 Å². The van der Waals surface area contributed by atoms with Crippen molar-refractivity contribution >= 4 is 9.84 Å². The van der Waals surface area contributed by atoms with E-state index < -0.39 is 9.84 Å². The highest BCUT2D eigenvalue weighted by Gasteiger charge is 2.24. The molecule has 2 aromatic carbocycles. The zero-order chi connectivity index (χ0) is 15.6. The molecule has 0 spiro atoms. The van der Waals surface area contributed by atoms with E-state index in [9.17, 15) is 8.42 Å². The Bertz CT molecular complexity index is 759. The molecule has 0 saturated carbocycles. The Labute approximate surface area is 129 Å². The van der Waals surface area contributed by atoms with E-state index >= 15 is 0 Å². The van der Waals surface area contributed by atoms with Crippen LogP contribution in [0.1, 0.15) is 0 Å². The van der Waals surface area contributed by atoms with Crippen molar-refractivity contribution in [2.75, 3.05) is 20.2 Å². The van der Waals surface area contributed by atoms with Crippen molar-refractivity contribution in [1.82, 2.24) is 5.32 Å². The van der Waals surface area contributed by atoms with E-state index in [4.69, 9.17) is 9.47 Å². The summed E-state index contributed by atoms with van der Waals surface area (Å²) in [5.74, 6) is 1.03. The second-order valence-corrected chi connectivity index (χ2v) is 6.98. The summed E-state index contributed by atoms with van der Waals surface area (Å²) < 4.78 is 36.6. The van der Waals surface area contributed by atoms with E-state index in [1.807, 2.05) is 7.05 Å². The van der Waals surface area contributed by atoms with Gasteiger partial charge in [0.2, 0.25) is 9.84 Å². The molecule has 1 atom stereocenters. The largest absolute Gasteiger partial charge is 0.486 e. The molecule has 0 amide bonds. The van der Waals surface area contributed by atoms with Crippen LogP contribution in [0.25, 0.3) is 0 Å². The fraction of sp³-hybridized carbons (Fsp3) is 0.250. The minimum absolute atomic E-state index is 0.0749. The predicted octanol–water partition coefficient (Wildman–Crippen LogP) is 1.88. The van der Waals surface area contributed by atoms with Crippen molar-refractivity contribution in [3.63, 3.8) is 0 Å². The highest BCUT2D eigenvalue weighted by Crippen LogP contribution is 2.35. The van der Waals surface area contributed by atoms with Crippen molar-refractivity contribution in [1.29, 1.82) is 0 Å². The van der Waals surface area contributed by atoms with Gasteiger partial charge in [0.25, 0.3) is 0 Å². The Morgan fingerprint density at radius 3 is 2.59 bits per heavy atom. The lowest BCUT2D eigenvalue weighted by Crippen LogP contribution is -2.37. The summed E-state index contributed by atoms with van der Waals surface area (Å²) in [6, 6.07) is 13.1. The lowest BCUT2D eigenvalue weighted by atomic mass is 10.2. The molecular weight excluding hydrogens is 302 g/mol. The zero-order valence-electron chi connectivity index (χ0n) is 12.2. The summed E-state index contributed by atoms with van der Waals surface area (Å²) in [4.78, 5) is 0.466. The quantitative estimate of drug-likeness (QED) is 0.932. The standard InChI is InChI=1S/C16H17NO4S/c1-17-10-12-11-20-16-9-14(7-8-15(16)21-12)22(18,19)13-5-3-2-4-6-13/h2-9,12,17H,10-11H2,1H3/t12-/m0/s1. The molecule has 1 aliphatic rings. The van der Waals surface area contributed by atoms with Crippen LogP contribution in [0, 0.1) is 0 Å². The first-order valence-electron chi connectivity index (χ1n) is 6.99. The highest BCUT2D eigenvalue weighted by atomic mass is 32.2. The summed E-state index contributed by atoms with van der Waals surface area (Å²) in [5.41, 5.74) is 0. The maximum Gasteiger partial charge on any atom is 0.206 e. The average Bonchev–Trinajstić information content (AvgIpc) is 2.55. The number of ether oxygens (including phenoxy) is 2. The Morgan fingerprint density at radius 2 is 1.86 bits per heavy atom. The number of hydrogen-bond donors (Lipinski definition) is 1. The molecule has 0 aliphatic carbocycles. The smallest absolute Gasteiger partial charge is 0.206 e. The molecule has 1 N–H and O–H groups in total. The van der Waals surface area contributed by atoms with Gasteiger partial charge in [-0.1, -0.05) is 18.2 Å². The van der Waals surface area contributed by atoms with Crippen LogP contribution in [0.5, 0.6) is 11.5 Å². The lowest BCUT2D eigenvalue weighted by molar-refractivity contribution is 0.0916. The van der Waals surface area contributed by atoms with E-state index in [2.05, 4.69) is 5.32 Å². The first kappa shape index (κ1) is 14.9. The van der Waals surface area contributed by atoms with Gasteiger partial charge < -0.3 is 14.8 Å². The van der Waals surface area contributed by atoms with Gasteiger partial charge in [-0.3, -0.25) is 0 Å². The third-order valence-corrected chi connectivity index (χ3v) is 5.20. The summed E-state index contributed by atoms with van der Waals surface area (Å²) in [6.45, 7) is 1.06. The van der Waals surface area contributed by atoms with Crippen molar-refractivity contribution in [3.8, 4) is 11.5 Å². The molecule has 116 valence electrons. The van der Waals surface area contributed by atoms with Crippen LogP contribution in [-0.2, 0) is 9.84 Å². The van der Waals surface area contributed by atoms with Crippen molar-refractivity contribution in [2.24, 2.45) is 0 Å². The third kappa shape index (κ3) is 2.80. The van der Waals surface area contributed by atoms with Gasteiger partial charge in [0.15, 0.2) is 11.5 Å². The molecule has 1 heterocycles. The minimum atomic E-state index is -3.54.